The van der Waals surface area contributed by atoms with Crippen LogP contribution in [0.4, 0.5) is 5.69 Å². The summed E-state index contributed by atoms with van der Waals surface area (Å²) >= 11 is 0. The fourth-order valence-corrected chi connectivity index (χ4v) is 2.35. The quantitative estimate of drug-likeness (QED) is 0.803. The number of hydrogen-bond acceptors (Lipinski definition) is 4. The van der Waals surface area contributed by atoms with Gasteiger partial charge in [-0.1, -0.05) is 30.3 Å². The summed E-state index contributed by atoms with van der Waals surface area (Å²) in [5, 5.41) is 21.3. The van der Waals surface area contributed by atoms with Crippen molar-refractivity contribution in [1.82, 2.24) is 5.32 Å². The fourth-order valence-electron chi connectivity index (χ4n) is 2.35. The van der Waals surface area contributed by atoms with Gasteiger partial charge in [-0.3, -0.25) is 4.79 Å². The maximum absolute atomic E-state index is 10.4. The predicted octanol–water partition coefficient (Wildman–Crippen LogP) is 2.31. The van der Waals surface area contributed by atoms with Crippen LogP contribution < -0.4 is 10.2 Å². The number of nitrogens with zero attached hydrogens (tertiary/aromatic N) is 2. The summed E-state index contributed by atoms with van der Waals surface area (Å²) in [4.78, 5) is 12.3. The molecule has 0 aliphatic carbocycles. The molecule has 0 radical (unpaired) electrons. The number of phenolic OH excluding ortho intramolecular Hbond substituents is 1. The summed E-state index contributed by atoms with van der Waals surface area (Å²) in [6, 6.07) is 14.8. The number of carbonyl (C=O) groups excluding carboxylic acids is 1. The number of aromatic hydroxyl groups is 1. The maximum Gasteiger partial charge on any atom is 0.208 e. The van der Waals surface area contributed by atoms with Gasteiger partial charge in [0, 0.05) is 20.5 Å². The number of carbonyl (C=O) groups is 1. The summed E-state index contributed by atoms with van der Waals surface area (Å²) in [6.07, 6.45) is 1.01. The van der Waals surface area contributed by atoms with Crippen molar-refractivity contribution in [3.05, 3.63) is 48.0 Å². The molecule has 1 amide bonds. The van der Waals surface area contributed by atoms with Crippen molar-refractivity contribution in [3.8, 4) is 22.9 Å². The van der Waals surface area contributed by atoms with Gasteiger partial charge < -0.3 is 15.3 Å². The molecule has 0 aliphatic heterocycles. The topological polar surface area (TPSA) is 76.4 Å². The van der Waals surface area contributed by atoms with Crippen LogP contribution in [0.25, 0.3) is 11.1 Å². The first-order chi connectivity index (χ1) is 11.0. The molecular weight excluding hydrogens is 290 g/mol. The Morgan fingerprint density at radius 2 is 1.87 bits per heavy atom. The lowest BCUT2D eigenvalue weighted by molar-refractivity contribution is -0.109. The number of phenols is 1. The van der Waals surface area contributed by atoms with Gasteiger partial charge in [-0.15, -0.1) is 0 Å². The molecule has 0 fully saturated rings. The monoisotopic (exact) mass is 309 g/mol. The Labute approximate surface area is 135 Å². The Hall–Kier alpha value is -3.00. The number of nitriles is 1. The maximum atomic E-state index is 10.4. The highest BCUT2D eigenvalue weighted by atomic mass is 16.3. The molecule has 1 unspecified atom stereocenters. The van der Waals surface area contributed by atoms with Crippen LogP contribution >= 0.6 is 0 Å². The number of rotatable bonds is 6. The van der Waals surface area contributed by atoms with E-state index in [2.05, 4.69) is 5.32 Å². The highest BCUT2D eigenvalue weighted by Gasteiger charge is 2.09. The highest BCUT2D eigenvalue weighted by molar-refractivity contribution is 5.72. The smallest absolute Gasteiger partial charge is 0.208 e. The van der Waals surface area contributed by atoms with Crippen LogP contribution in [-0.2, 0) is 11.2 Å². The normalized spacial score (nSPS) is 11.3. The van der Waals surface area contributed by atoms with Crippen molar-refractivity contribution in [2.24, 2.45) is 0 Å². The van der Waals surface area contributed by atoms with E-state index in [0.717, 1.165) is 22.4 Å². The third kappa shape index (κ3) is 4.01. The highest BCUT2D eigenvalue weighted by Crippen LogP contribution is 2.31. The number of anilines is 1. The first-order valence-electron chi connectivity index (χ1n) is 7.24. The van der Waals surface area contributed by atoms with Gasteiger partial charge in [0.15, 0.2) is 0 Å². The molecule has 1 atom stereocenters. The minimum Gasteiger partial charge on any atom is -0.506 e. The Morgan fingerprint density at radius 3 is 2.43 bits per heavy atom. The molecule has 0 aliphatic rings. The predicted molar refractivity (Wildman–Crippen MR) is 90.2 cm³/mol. The van der Waals surface area contributed by atoms with E-state index in [1.54, 1.807) is 6.07 Å². The SMILES string of the molecule is CN(C)c1cc(-c2ccc(CC(C#N)NC=O)cc2)ccc1O. The van der Waals surface area contributed by atoms with Gasteiger partial charge in [0.2, 0.25) is 6.41 Å². The molecule has 2 N–H and O–H groups in total. The zero-order valence-corrected chi connectivity index (χ0v) is 13.2. The molecule has 23 heavy (non-hydrogen) atoms. The molecule has 2 rings (SSSR count). The van der Waals surface area contributed by atoms with E-state index in [1.165, 1.54) is 0 Å². The first-order valence-corrected chi connectivity index (χ1v) is 7.24. The Balaban J connectivity index is 2.21. The molecule has 2 aromatic rings. The second kappa shape index (κ2) is 7.32. The van der Waals surface area contributed by atoms with Crippen LogP contribution in [0.2, 0.25) is 0 Å². The number of nitrogens with one attached hydrogen (secondary N) is 1. The molecule has 5 heteroatoms. The third-order valence-corrected chi connectivity index (χ3v) is 3.61. The second-order valence-corrected chi connectivity index (χ2v) is 5.47. The number of amides is 1. The van der Waals surface area contributed by atoms with Gasteiger partial charge in [0.05, 0.1) is 11.8 Å². The summed E-state index contributed by atoms with van der Waals surface area (Å²) in [6.45, 7) is 0. The van der Waals surface area contributed by atoms with Gasteiger partial charge in [-0.25, -0.2) is 0 Å². The van der Waals surface area contributed by atoms with E-state index in [1.807, 2.05) is 61.5 Å². The summed E-state index contributed by atoms with van der Waals surface area (Å²) in [5.41, 5.74) is 3.75. The van der Waals surface area contributed by atoms with E-state index >= 15 is 0 Å². The van der Waals surface area contributed by atoms with Crippen molar-refractivity contribution in [1.29, 1.82) is 5.26 Å². The van der Waals surface area contributed by atoms with Crippen LogP contribution in [-0.4, -0.2) is 31.7 Å². The van der Waals surface area contributed by atoms with E-state index in [-0.39, 0.29) is 5.75 Å². The average molecular weight is 309 g/mol. The molecule has 2 aromatic carbocycles. The van der Waals surface area contributed by atoms with Gasteiger partial charge in [-0.05, 0) is 28.8 Å². The lowest BCUT2D eigenvalue weighted by Crippen LogP contribution is -2.28. The van der Waals surface area contributed by atoms with Crippen LogP contribution in [0, 0.1) is 11.3 Å². The van der Waals surface area contributed by atoms with E-state index in [4.69, 9.17) is 5.26 Å². The molecule has 0 saturated heterocycles. The molecule has 118 valence electrons. The third-order valence-electron chi connectivity index (χ3n) is 3.61. The van der Waals surface area contributed by atoms with Gasteiger partial charge in [0.1, 0.15) is 11.8 Å². The Bertz CT molecular complexity index is 718. The lowest BCUT2D eigenvalue weighted by atomic mass is 10.0. The largest absolute Gasteiger partial charge is 0.506 e. The minimum absolute atomic E-state index is 0.243. The van der Waals surface area contributed by atoms with Crippen LogP contribution in [0.5, 0.6) is 5.75 Å². The average Bonchev–Trinajstić information content (AvgIpc) is 2.55. The number of benzene rings is 2. The molecular formula is C18H19N3O2. The van der Waals surface area contributed by atoms with Crippen molar-refractivity contribution in [2.45, 2.75) is 12.5 Å². The van der Waals surface area contributed by atoms with Crippen molar-refractivity contribution in [2.75, 3.05) is 19.0 Å². The standard InChI is InChI=1S/C18H19N3O2/c1-21(2)17-10-15(7-8-18(17)23)14-5-3-13(4-6-14)9-16(11-19)20-12-22/h3-8,10,12,16,23H,9H2,1-2H3,(H,20,22). The van der Waals surface area contributed by atoms with E-state index in [0.29, 0.717) is 12.8 Å². The van der Waals surface area contributed by atoms with E-state index < -0.39 is 6.04 Å². The molecule has 0 aromatic heterocycles. The summed E-state index contributed by atoms with van der Waals surface area (Å²) in [5.74, 6) is 0.243. The minimum atomic E-state index is -0.521. The first kappa shape index (κ1) is 16.4. The molecule has 5 nitrogen and oxygen atoms in total. The summed E-state index contributed by atoms with van der Waals surface area (Å²) in [7, 11) is 3.76. The van der Waals surface area contributed by atoms with E-state index in [9.17, 15) is 9.90 Å². The Kier molecular flexibility index (Phi) is 5.21. The summed E-state index contributed by atoms with van der Waals surface area (Å²) < 4.78 is 0. The fraction of sp³-hybridized carbons (Fsp3) is 0.222. The van der Waals surface area contributed by atoms with Crippen molar-refractivity contribution < 1.29 is 9.90 Å². The molecule has 0 saturated carbocycles. The van der Waals surface area contributed by atoms with Crippen LogP contribution in [0.3, 0.4) is 0 Å². The van der Waals surface area contributed by atoms with Gasteiger partial charge >= 0.3 is 0 Å². The number of hydrogen-bond donors (Lipinski definition) is 2. The lowest BCUT2D eigenvalue weighted by Gasteiger charge is -2.16. The van der Waals surface area contributed by atoms with Crippen LogP contribution in [0.15, 0.2) is 42.5 Å². The zero-order valence-electron chi connectivity index (χ0n) is 13.2. The molecule has 0 heterocycles. The van der Waals surface area contributed by atoms with Crippen molar-refractivity contribution >= 4 is 12.1 Å². The van der Waals surface area contributed by atoms with Crippen molar-refractivity contribution in [3.63, 3.8) is 0 Å². The molecule has 0 spiro atoms. The van der Waals surface area contributed by atoms with Gasteiger partial charge in [-0.2, -0.15) is 5.26 Å². The Morgan fingerprint density at radius 1 is 1.22 bits per heavy atom. The van der Waals surface area contributed by atoms with Crippen LogP contribution in [0.1, 0.15) is 5.56 Å². The molecule has 0 bridgehead atoms. The van der Waals surface area contributed by atoms with Gasteiger partial charge in [0.25, 0.3) is 0 Å². The zero-order chi connectivity index (χ0) is 16.8. The second-order valence-electron chi connectivity index (χ2n) is 5.47.